The van der Waals surface area contributed by atoms with Crippen LogP contribution in [0.4, 0.5) is 14.5 Å². The maximum Gasteiger partial charge on any atom is 0.270 e. The first-order chi connectivity index (χ1) is 12.0. The van der Waals surface area contributed by atoms with Crippen LogP contribution in [0.5, 0.6) is 5.75 Å². The summed E-state index contributed by atoms with van der Waals surface area (Å²) in [6.45, 7) is 0. The van der Waals surface area contributed by atoms with Crippen molar-refractivity contribution in [2.45, 2.75) is 6.43 Å². The molecule has 3 aromatic rings. The van der Waals surface area contributed by atoms with Crippen molar-refractivity contribution in [1.82, 2.24) is 4.98 Å². The number of nitro groups is 1. The van der Waals surface area contributed by atoms with Gasteiger partial charge < -0.3 is 5.11 Å². The number of pyridine rings is 1. The van der Waals surface area contributed by atoms with Crippen LogP contribution in [-0.4, -0.2) is 15.0 Å². The minimum absolute atomic E-state index is 0.0221. The van der Waals surface area contributed by atoms with Gasteiger partial charge in [-0.1, -0.05) is 30.3 Å². The smallest absolute Gasteiger partial charge is 0.270 e. The number of rotatable bonds is 4. The van der Waals surface area contributed by atoms with Crippen LogP contribution in [0.15, 0.2) is 60.7 Å². The molecule has 0 amide bonds. The molecule has 0 saturated carbocycles. The first-order valence-corrected chi connectivity index (χ1v) is 7.29. The fraction of sp³-hybridized carbons (Fsp3) is 0.0556. The second-order valence-electron chi connectivity index (χ2n) is 5.30. The number of phenols is 1. The van der Waals surface area contributed by atoms with Gasteiger partial charge >= 0.3 is 0 Å². The Hall–Kier alpha value is -3.35. The maximum atomic E-state index is 13.3. The fourth-order valence-electron chi connectivity index (χ4n) is 2.42. The first-order valence-electron chi connectivity index (χ1n) is 7.29. The molecular formula is C18H12F2N2O3. The van der Waals surface area contributed by atoms with E-state index in [-0.39, 0.29) is 28.3 Å². The standard InChI is InChI=1S/C18H12F2N2O3/c19-18(20)12-8-15(11-4-2-1-3-5-11)21-16(9-12)14-10-13(22(24)25)6-7-17(14)23/h1-10,18,23H. The van der Waals surface area contributed by atoms with Gasteiger partial charge in [0.25, 0.3) is 12.1 Å². The van der Waals surface area contributed by atoms with E-state index in [0.717, 1.165) is 24.3 Å². The number of nitrogens with zero attached hydrogens (tertiary/aromatic N) is 2. The number of alkyl halides is 2. The second kappa shape index (κ2) is 6.64. The molecule has 1 heterocycles. The van der Waals surface area contributed by atoms with Crippen molar-refractivity contribution < 1.29 is 18.8 Å². The molecule has 0 aliphatic carbocycles. The first kappa shape index (κ1) is 16.5. The van der Waals surface area contributed by atoms with Gasteiger partial charge in [-0.2, -0.15) is 0 Å². The van der Waals surface area contributed by atoms with Gasteiger partial charge in [-0.05, 0) is 18.2 Å². The highest BCUT2D eigenvalue weighted by atomic mass is 19.3. The lowest BCUT2D eigenvalue weighted by Crippen LogP contribution is -1.95. The molecule has 0 atom stereocenters. The molecule has 126 valence electrons. The van der Waals surface area contributed by atoms with E-state index in [1.165, 1.54) is 6.07 Å². The molecule has 0 radical (unpaired) electrons. The van der Waals surface area contributed by atoms with E-state index in [2.05, 4.69) is 4.98 Å². The van der Waals surface area contributed by atoms with Crippen molar-refractivity contribution in [3.8, 4) is 28.3 Å². The van der Waals surface area contributed by atoms with Gasteiger partial charge in [-0.25, -0.2) is 13.8 Å². The number of phenolic OH excluding ortho intramolecular Hbond substituents is 1. The number of hydrogen-bond acceptors (Lipinski definition) is 4. The fourth-order valence-corrected chi connectivity index (χ4v) is 2.42. The number of aromatic nitrogens is 1. The highest BCUT2D eigenvalue weighted by Gasteiger charge is 2.17. The van der Waals surface area contributed by atoms with E-state index in [0.29, 0.717) is 11.3 Å². The van der Waals surface area contributed by atoms with Crippen LogP contribution in [0.3, 0.4) is 0 Å². The summed E-state index contributed by atoms with van der Waals surface area (Å²) in [6.07, 6.45) is -2.75. The van der Waals surface area contributed by atoms with Crippen molar-refractivity contribution in [1.29, 1.82) is 0 Å². The number of benzene rings is 2. The molecule has 25 heavy (non-hydrogen) atoms. The molecule has 7 heteroatoms. The van der Waals surface area contributed by atoms with Crippen LogP contribution in [0.2, 0.25) is 0 Å². The summed E-state index contributed by atoms with van der Waals surface area (Å²) >= 11 is 0. The maximum absolute atomic E-state index is 13.3. The van der Waals surface area contributed by atoms with Crippen molar-refractivity contribution in [3.63, 3.8) is 0 Å². The predicted octanol–water partition coefficient (Wildman–Crippen LogP) is 4.97. The van der Waals surface area contributed by atoms with E-state index < -0.39 is 11.3 Å². The molecule has 3 rings (SSSR count). The summed E-state index contributed by atoms with van der Waals surface area (Å²) < 4.78 is 26.5. The number of aromatic hydroxyl groups is 1. The van der Waals surface area contributed by atoms with Crippen LogP contribution in [0.1, 0.15) is 12.0 Å². The largest absolute Gasteiger partial charge is 0.507 e. The zero-order valence-corrected chi connectivity index (χ0v) is 12.8. The summed E-state index contributed by atoms with van der Waals surface area (Å²) in [5.41, 5.74) is 0.426. The quantitative estimate of drug-likeness (QED) is 0.536. The number of non-ortho nitro benzene ring substituents is 1. The van der Waals surface area contributed by atoms with Gasteiger partial charge in [0, 0.05) is 28.8 Å². The van der Waals surface area contributed by atoms with Crippen LogP contribution >= 0.6 is 0 Å². The van der Waals surface area contributed by atoms with Crippen molar-refractivity contribution >= 4 is 5.69 Å². The number of hydrogen-bond donors (Lipinski definition) is 1. The van der Waals surface area contributed by atoms with Crippen molar-refractivity contribution in [3.05, 3.63) is 76.3 Å². The Labute approximate surface area is 141 Å². The lowest BCUT2D eigenvalue weighted by Gasteiger charge is -2.10. The van der Waals surface area contributed by atoms with Gasteiger partial charge in [0.15, 0.2) is 0 Å². The molecule has 0 aliphatic rings. The molecule has 5 nitrogen and oxygen atoms in total. The number of halogens is 2. The molecule has 0 spiro atoms. The molecular weight excluding hydrogens is 330 g/mol. The molecule has 1 aromatic heterocycles. The Kier molecular flexibility index (Phi) is 4.38. The zero-order valence-electron chi connectivity index (χ0n) is 12.8. The highest BCUT2D eigenvalue weighted by molar-refractivity contribution is 5.73. The lowest BCUT2D eigenvalue weighted by molar-refractivity contribution is -0.384. The van der Waals surface area contributed by atoms with Gasteiger partial charge in [0.05, 0.1) is 16.3 Å². The van der Waals surface area contributed by atoms with E-state index in [4.69, 9.17) is 0 Å². The normalized spacial score (nSPS) is 10.8. The van der Waals surface area contributed by atoms with E-state index >= 15 is 0 Å². The summed E-state index contributed by atoms with van der Waals surface area (Å²) in [4.78, 5) is 14.6. The van der Waals surface area contributed by atoms with Crippen LogP contribution < -0.4 is 0 Å². The van der Waals surface area contributed by atoms with Crippen molar-refractivity contribution in [2.75, 3.05) is 0 Å². The average molecular weight is 342 g/mol. The lowest BCUT2D eigenvalue weighted by atomic mass is 10.0. The SMILES string of the molecule is O=[N+]([O-])c1ccc(O)c(-c2cc(C(F)F)cc(-c3ccccc3)n2)c1. The Balaban J connectivity index is 2.21. The molecule has 0 bridgehead atoms. The summed E-state index contributed by atoms with van der Waals surface area (Å²) in [7, 11) is 0. The Morgan fingerprint density at radius 2 is 1.68 bits per heavy atom. The third-order valence-corrected chi connectivity index (χ3v) is 3.64. The summed E-state index contributed by atoms with van der Waals surface area (Å²) in [5.74, 6) is -0.275. The minimum atomic E-state index is -2.75. The monoisotopic (exact) mass is 342 g/mol. The van der Waals surface area contributed by atoms with Gasteiger partial charge in [0.2, 0.25) is 0 Å². The minimum Gasteiger partial charge on any atom is -0.507 e. The van der Waals surface area contributed by atoms with Gasteiger partial charge in [0.1, 0.15) is 5.75 Å². The number of nitro benzene ring substituents is 1. The highest BCUT2D eigenvalue weighted by Crippen LogP contribution is 2.35. The van der Waals surface area contributed by atoms with Crippen molar-refractivity contribution in [2.24, 2.45) is 0 Å². The van der Waals surface area contributed by atoms with Crippen LogP contribution in [-0.2, 0) is 0 Å². The van der Waals surface area contributed by atoms with Crippen LogP contribution in [0.25, 0.3) is 22.5 Å². The second-order valence-corrected chi connectivity index (χ2v) is 5.30. The van der Waals surface area contributed by atoms with Crippen LogP contribution in [0, 0.1) is 10.1 Å². The molecule has 0 unspecified atom stereocenters. The average Bonchev–Trinajstić information content (AvgIpc) is 2.62. The topological polar surface area (TPSA) is 76.3 Å². The molecule has 0 aliphatic heterocycles. The van der Waals surface area contributed by atoms with Gasteiger partial charge in [-0.3, -0.25) is 10.1 Å². The third kappa shape index (κ3) is 3.45. The third-order valence-electron chi connectivity index (χ3n) is 3.64. The summed E-state index contributed by atoms with van der Waals surface area (Å²) in [6, 6.07) is 14.5. The molecule has 2 aromatic carbocycles. The summed E-state index contributed by atoms with van der Waals surface area (Å²) in [5, 5.41) is 21.0. The Morgan fingerprint density at radius 3 is 2.32 bits per heavy atom. The molecule has 1 N–H and O–H groups in total. The van der Waals surface area contributed by atoms with Gasteiger partial charge in [-0.15, -0.1) is 0 Å². The predicted molar refractivity (Wildman–Crippen MR) is 88.4 cm³/mol. The van der Waals surface area contributed by atoms with E-state index in [1.54, 1.807) is 30.3 Å². The van der Waals surface area contributed by atoms with E-state index in [9.17, 15) is 24.0 Å². The Bertz CT molecular complexity index is 931. The molecule has 0 saturated heterocycles. The zero-order chi connectivity index (χ0) is 18.0. The molecule has 0 fully saturated rings. The van der Waals surface area contributed by atoms with E-state index in [1.807, 2.05) is 0 Å². The Morgan fingerprint density at radius 1 is 1.00 bits per heavy atom.